The van der Waals surface area contributed by atoms with E-state index in [9.17, 15) is 4.79 Å². The summed E-state index contributed by atoms with van der Waals surface area (Å²) in [5.41, 5.74) is 2.22. The van der Waals surface area contributed by atoms with Gasteiger partial charge in [0.2, 0.25) is 0 Å². The third kappa shape index (κ3) is 2.46. The summed E-state index contributed by atoms with van der Waals surface area (Å²) in [7, 11) is 0. The molecule has 1 saturated heterocycles. The number of thioether (sulfide) groups is 1. The van der Waals surface area contributed by atoms with Crippen LogP contribution in [0.1, 0.15) is 11.1 Å². The van der Waals surface area contributed by atoms with Gasteiger partial charge in [-0.05, 0) is 18.6 Å². The van der Waals surface area contributed by atoms with Gasteiger partial charge in [0, 0.05) is 0 Å². The number of hydrogen-bond acceptors (Lipinski definition) is 3. The van der Waals surface area contributed by atoms with Crippen molar-refractivity contribution in [3.63, 3.8) is 0 Å². The summed E-state index contributed by atoms with van der Waals surface area (Å²) in [6.45, 7) is 2.03. The van der Waals surface area contributed by atoms with Crippen molar-refractivity contribution in [1.82, 2.24) is 5.32 Å². The minimum Gasteiger partial charge on any atom is -0.307 e. The minimum atomic E-state index is -0.106. The Labute approximate surface area is 97.8 Å². The van der Waals surface area contributed by atoms with Crippen LogP contribution >= 0.6 is 24.0 Å². The van der Waals surface area contributed by atoms with E-state index in [1.807, 2.05) is 37.3 Å². The molecule has 1 aliphatic rings. The molecule has 0 unspecified atom stereocenters. The van der Waals surface area contributed by atoms with Gasteiger partial charge in [-0.25, -0.2) is 0 Å². The predicted molar refractivity (Wildman–Crippen MR) is 67.5 cm³/mol. The van der Waals surface area contributed by atoms with E-state index in [4.69, 9.17) is 12.2 Å². The molecular formula is C11H9NOS2. The highest BCUT2D eigenvalue weighted by Crippen LogP contribution is 2.25. The van der Waals surface area contributed by atoms with Crippen molar-refractivity contribution in [2.75, 3.05) is 0 Å². The summed E-state index contributed by atoms with van der Waals surface area (Å²) >= 11 is 6.20. The van der Waals surface area contributed by atoms with E-state index in [0.717, 1.165) is 5.56 Å². The van der Waals surface area contributed by atoms with Crippen molar-refractivity contribution in [2.24, 2.45) is 0 Å². The lowest BCUT2D eigenvalue weighted by atomic mass is 10.1. The fraction of sp³-hybridized carbons (Fsp3) is 0.0909. The number of amides is 1. The van der Waals surface area contributed by atoms with Crippen LogP contribution in [0.4, 0.5) is 0 Å². The maximum atomic E-state index is 11.4. The van der Waals surface area contributed by atoms with Gasteiger partial charge in [0.15, 0.2) is 0 Å². The molecule has 0 spiro atoms. The molecule has 1 amide bonds. The molecule has 1 aromatic rings. The summed E-state index contributed by atoms with van der Waals surface area (Å²) in [6, 6.07) is 8.00. The molecule has 0 aromatic heterocycles. The molecule has 1 N–H and O–H groups in total. The Balaban J connectivity index is 2.27. The molecule has 0 radical (unpaired) electrons. The molecule has 0 bridgehead atoms. The highest BCUT2D eigenvalue weighted by atomic mass is 32.2. The number of carbonyl (C=O) groups excluding carboxylic acids is 1. The maximum Gasteiger partial charge on any atom is 0.263 e. The lowest BCUT2D eigenvalue weighted by Crippen LogP contribution is -2.17. The number of nitrogens with one attached hydrogen (secondary N) is 1. The Morgan fingerprint density at radius 3 is 2.53 bits per heavy atom. The van der Waals surface area contributed by atoms with E-state index in [1.54, 1.807) is 0 Å². The van der Waals surface area contributed by atoms with Gasteiger partial charge >= 0.3 is 0 Å². The van der Waals surface area contributed by atoms with Crippen LogP contribution in [-0.4, -0.2) is 10.2 Å². The highest BCUT2D eigenvalue weighted by molar-refractivity contribution is 8.26. The average molecular weight is 235 g/mol. The SMILES string of the molecule is Cc1ccc(/C=C2/SC(=S)NC2=O)cc1. The van der Waals surface area contributed by atoms with E-state index < -0.39 is 0 Å². The van der Waals surface area contributed by atoms with E-state index in [-0.39, 0.29) is 5.91 Å². The van der Waals surface area contributed by atoms with E-state index >= 15 is 0 Å². The predicted octanol–water partition coefficient (Wildman–Crippen LogP) is 2.48. The maximum absolute atomic E-state index is 11.4. The number of aryl methyl sites for hydroxylation is 1. The van der Waals surface area contributed by atoms with Gasteiger partial charge in [-0.3, -0.25) is 4.79 Å². The third-order valence-corrected chi connectivity index (χ3v) is 3.18. The first-order valence-electron chi connectivity index (χ1n) is 4.47. The smallest absolute Gasteiger partial charge is 0.263 e. The number of hydrogen-bond donors (Lipinski definition) is 1. The molecule has 1 aromatic carbocycles. The molecule has 15 heavy (non-hydrogen) atoms. The van der Waals surface area contributed by atoms with Gasteiger partial charge in [0.1, 0.15) is 4.32 Å². The van der Waals surface area contributed by atoms with Crippen LogP contribution in [0.2, 0.25) is 0 Å². The topological polar surface area (TPSA) is 29.1 Å². The Bertz CT molecular complexity index is 448. The zero-order valence-corrected chi connectivity index (χ0v) is 9.74. The molecule has 0 aliphatic carbocycles. The average Bonchev–Trinajstić information content (AvgIpc) is 2.49. The van der Waals surface area contributed by atoms with Crippen molar-refractivity contribution in [3.05, 3.63) is 40.3 Å². The lowest BCUT2D eigenvalue weighted by molar-refractivity contribution is -0.115. The summed E-state index contributed by atoms with van der Waals surface area (Å²) in [4.78, 5) is 12.0. The van der Waals surface area contributed by atoms with Crippen LogP contribution in [0.3, 0.4) is 0 Å². The summed E-state index contributed by atoms with van der Waals surface area (Å²) in [5.74, 6) is -0.106. The number of thiocarbonyl (C=S) groups is 1. The molecule has 0 atom stereocenters. The van der Waals surface area contributed by atoms with Crippen molar-refractivity contribution < 1.29 is 4.79 Å². The normalized spacial score (nSPS) is 18.3. The van der Waals surface area contributed by atoms with Gasteiger partial charge in [-0.15, -0.1) is 0 Å². The van der Waals surface area contributed by atoms with Crippen LogP contribution in [0.15, 0.2) is 29.2 Å². The largest absolute Gasteiger partial charge is 0.307 e. The van der Waals surface area contributed by atoms with Crippen LogP contribution in [0, 0.1) is 6.92 Å². The summed E-state index contributed by atoms with van der Waals surface area (Å²) in [6.07, 6.45) is 1.85. The highest BCUT2D eigenvalue weighted by Gasteiger charge is 2.21. The first kappa shape index (κ1) is 10.4. The monoisotopic (exact) mass is 235 g/mol. The molecule has 1 aliphatic heterocycles. The zero-order chi connectivity index (χ0) is 10.8. The fourth-order valence-corrected chi connectivity index (χ4v) is 2.28. The fourth-order valence-electron chi connectivity index (χ4n) is 1.24. The molecule has 2 nitrogen and oxygen atoms in total. The number of carbonyl (C=O) groups is 1. The Hall–Kier alpha value is -1.13. The van der Waals surface area contributed by atoms with Crippen molar-refractivity contribution in [3.8, 4) is 0 Å². The minimum absolute atomic E-state index is 0.106. The molecule has 2 rings (SSSR count). The van der Waals surface area contributed by atoms with Gasteiger partial charge in [-0.1, -0.05) is 53.8 Å². The van der Waals surface area contributed by atoms with Crippen LogP contribution in [0.5, 0.6) is 0 Å². The van der Waals surface area contributed by atoms with E-state index in [2.05, 4.69) is 5.32 Å². The van der Waals surface area contributed by atoms with E-state index in [0.29, 0.717) is 9.23 Å². The first-order valence-corrected chi connectivity index (χ1v) is 5.69. The molecular weight excluding hydrogens is 226 g/mol. The van der Waals surface area contributed by atoms with Crippen molar-refractivity contribution in [2.45, 2.75) is 6.92 Å². The van der Waals surface area contributed by atoms with Crippen molar-refractivity contribution in [1.29, 1.82) is 0 Å². The Kier molecular flexibility index (Phi) is 2.88. The van der Waals surface area contributed by atoms with Crippen LogP contribution in [0.25, 0.3) is 6.08 Å². The third-order valence-electron chi connectivity index (χ3n) is 2.02. The summed E-state index contributed by atoms with van der Waals surface area (Å²) in [5, 5.41) is 2.59. The molecule has 1 fully saturated rings. The number of benzene rings is 1. The Morgan fingerprint density at radius 2 is 2.00 bits per heavy atom. The standard InChI is InChI=1S/C11H9NOS2/c1-7-2-4-8(5-3-7)6-9-10(13)12-11(14)15-9/h2-6H,1H3,(H,12,13,14)/b9-6+. The Morgan fingerprint density at radius 1 is 1.33 bits per heavy atom. The van der Waals surface area contributed by atoms with Crippen molar-refractivity contribution >= 4 is 40.3 Å². The molecule has 76 valence electrons. The van der Waals surface area contributed by atoms with Gasteiger partial charge in [-0.2, -0.15) is 0 Å². The molecule has 1 heterocycles. The second-order valence-corrected chi connectivity index (χ2v) is 4.98. The molecule has 0 saturated carbocycles. The van der Waals surface area contributed by atoms with Crippen LogP contribution < -0.4 is 5.32 Å². The van der Waals surface area contributed by atoms with Gasteiger partial charge in [0.25, 0.3) is 5.91 Å². The van der Waals surface area contributed by atoms with Gasteiger partial charge < -0.3 is 5.32 Å². The second kappa shape index (κ2) is 4.16. The first-order chi connectivity index (χ1) is 7.15. The second-order valence-electron chi connectivity index (χ2n) is 3.26. The quantitative estimate of drug-likeness (QED) is 0.599. The molecule has 4 heteroatoms. The van der Waals surface area contributed by atoms with E-state index in [1.165, 1.54) is 17.3 Å². The lowest BCUT2D eigenvalue weighted by Gasteiger charge is -1.95. The zero-order valence-electron chi connectivity index (χ0n) is 8.11. The van der Waals surface area contributed by atoms with Crippen LogP contribution in [-0.2, 0) is 4.79 Å². The number of rotatable bonds is 1. The summed E-state index contributed by atoms with van der Waals surface area (Å²) < 4.78 is 0.526. The van der Waals surface area contributed by atoms with Gasteiger partial charge in [0.05, 0.1) is 4.91 Å².